The molecule has 3 unspecified atom stereocenters. The SMILES string of the molecule is CC1C[C@H]2[C@@H]3CC(F)C4CC(=O)CC[C@]4(C)C3=CC[C@]2(C)[C@@]1(O)C(=O)CC(=O)c1ccccc1. The minimum absolute atomic E-state index is 0.0306. The van der Waals surface area contributed by atoms with Gasteiger partial charge in [-0.1, -0.05) is 62.8 Å². The van der Waals surface area contributed by atoms with E-state index in [-0.39, 0.29) is 47.1 Å². The van der Waals surface area contributed by atoms with Crippen LogP contribution in [-0.4, -0.2) is 34.2 Å². The smallest absolute Gasteiger partial charge is 0.172 e. The first-order valence-corrected chi connectivity index (χ1v) is 12.7. The molecular formula is C29H35FO4. The zero-order chi connectivity index (χ0) is 24.5. The molecule has 0 bridgehead atoms. The van der Waals surface area contributed by atoms with Crippen molar-refractivity contribution in [1.29, 1.82) is 0 Å². The van der Waals surface area contributed by atoms with Crippen LogP contribution in [0.25, 0.3) is 0 Å². The van der Waals surface area contributed by atoms with Gasteiger partial charge in [0, 0.05) is 29.7 Å². The summed E-state index contributed by atoms with van der Waals surface area (Å²) in [6.07, 6.45) is 3.75. The highest BCUT2D eigenvalue weighted by Crippen LogP contribution is 2.67. The number of aliphatic hydroxyl groups is 1. The highest BCUT2D eigenvalue weighted by molar-refractivity contribution is 6.10. The number of carbonyl (C=O) groups excluding carboxylic acids is 3. The van der Waals surface area contributed by atoms with Crippen molar-refractivity contribution in [2.24, 2.45) is 34.5 Å². The number of carbonyl (C=O) groups is 3. The van der Waals surface area contributed by atoms with Gasteiger partial charge in [-0.25, -0.2) is 4.39 Å². The fraction of sp³-hybridized carbons (Fsp3) is 0.621. The van der Waals surface area contributed by atoms with Crippen molar-refractivity contribution in [3.05, 3.63) is 47.5 Å². The van der Waals surface area contributed by atoms with Gasteiger partial charge in [0.25, 0.3) is 0 Å². The molecule has 34 heavy (non-hydrogen) atoms. The number of halogens is 1. The predicted octanol–water partition coefficient (Wildman–Crippen LogP) is 5.29. The molecule has 0 spiro atoms. The van der Waals surface area contributed by atoms with Crippen molar-refractivity contribution in [2.45, 2.75) is 77.5 Å². The maximum Gasteiger partial charge on any atom is 0.172 e. The molecule has 0 radical (unpaired) electrons. The highest BCUT2D eigenvalue weighted by Gasteiger charge is 2.68. The lowest BCUT2D eigenvalue weighted by Crippen LogP contribution is -2.58. The molecule has 3 saturated carbocycles. The van der Waals surface area contributed by atoms with Crippen LogP contribution in [0, 0.1) is 34.5 Å². The molecule has 5 rings (SSSR count). The lowest BCUT2D eigenvalue weighted by molar-refractivity contribution is -0.158. The van der Waals surface area contributed by atoms with E-state index in [4.69, 9.17) is 0 Å². The first-order chi connectivity index (χ1) is 16.0. The summed E-state index contributed by atoms with van der Waals surface area (Å²) >= 11 is 0. The van der Waals surface area contributed by atoms with Crippen molar-refractivity contribution in [3.8, 4) is 0 Å². The van der Waals surface area contributed by atoms with Crippen molar-refractivity contribution in [1.82, 2.24) is 0 Å². The van der Waals surface area contributed by atoms with Crippen LogP contribution in [0.5, 0.6) is 0 Å². The van der Waals surface area contributed by atoms with Crippen LogP contribution in [0.1, 0.15) is 76.1 Å². The van der Waals surface area contributed by atoms with Gasteiger partial charge in [0.15, 0.2) is 11.6 Å². The van der Waals surface area contributed by atoms with Gasteiger partial charge >= 0.3 is 0 Å². The van der Waals surface area contributed by atoms with Gasteiger partial charge < -0.3 is 5.11 Å². The number of hydrogen-bond acceptors (Lipinski definition) is 4. The van der Waals surface area contributed by atoms with Gasteiger partial charge in [-0.15, -0.1) is 0 Å². The molecule has 182 valence electrons. The van der Waals surface area contributed by atoms with Gasteiger partial charge in [0.1, 0.15) is 17.6 Å². The molecular weight excluding hydrogens is 431 g/mol. The zero-order valence-electron chi connectivity index (χ0n) is 20.4. The van der Waals surface area contributed by atoms with Crippen LogP contribution < -0.4 is 0 Å². The Bertz CT molecular complexity index is 1060. The Hall–Kier alpha value is -2.14. The second-order valence-electron chi connectivity index (χ2n) is 11.8. The number of ketones is 3. The Labute approximate surface area is 201 Å². The van der Waals surface area contributed by atoms with Gasteiger partial charge in [-0.2, -0.15) is 0 Å². The molecule has 0 aliphatic heterocycles. The number of benzene rings is 1. The molecule has 5 heteroatoms. The lowest BCUT2D eigenvalue weighted by Gasteiger charge is -2.57. The highest BCUT2D eigenvalue weighted by atomic mass is 19.1. The Kier molecular flexibility index (Phi) is 5.51. The van der Waals surface area contributed by atoms with E-state index >= 15 is 4.39 Å². The number of hydrogen-bond donors (Lipinski definition) is 1. The Morgan fingerprint density at radius 2 is 1.82 bits per heavy atom. The Morgan fingerprint density at radius 1 is 1.12 bits per heavy atom. The topological polar surface area (TPSA) is 71.4 Å². The fourth-order valence-corrected chi connectivity index (χ4v) is 8.26. The van der Waals surface area contributed by atoms with E-state index in [2.05, 4.69) is 13.0 Å². The molecule has 1 N–H and O–H groups in total. The molecule has 4 nitrogen and oxygen atoms in total. The molecule has 4 aliphatic rings. The lowest BCUT2D eigenvalue weighted by atomic mass is 9.48. The van der Waals surface area contributed by atoms with Gasteiger partial charge in [0.05, 0.1) is 6.42 Å². The third-order valence-corrected chi connectivity index (χ3v) is 10.2. The summed E-state index contributed by atoms with van der Waals surface area (Å²) < 4.78 is 15.5. The summed E-state index contributed by atoms with van der Waals surface area (Å²) in [7, 11) is 0. The second-order valence-corrected chi connectivity index (χ2v) is 11.8. The summed E-state index contributed by atoms with van der Waals surface area (Å²) in [5.41, 5.74) is -1.01. The summed E-state index contributed by atoms with van der Waals surface area (Å²) in [5.74, 6) is -1.22. The molecule has 0 amide bonds. The quantitative estimate of drug-likeness (QED) is 0.372. The minimum Gasteiger partial charge on any atom is -0.381 e. The molecule has 8 atom stereocenters. The second kappa shape index (κ2) is 7.94. The number of fused-ring (bicyclic) bond motifs is 5. The first kappa shape index (κ1) is 23.6. The molecule has 1 aromatic carbocycles. The predicted molar refractivity (Wildman–Crippen MR) is 127 cm³/mol. The maximum absolute atomic E-state index is 15.5. The van der Waals surface area contributed by atoms with E-state index in [9.17, 15) is 19.5 Å². The Morgan fingerprint density at radius 3 is 2.53 bits per heavy atom. The standard InChI is InChI=1S/C29H35FO4/c1-17-13-22-20-15-24(30)23-14-19(31)9-11-27(23,2)21(20)10-12-28(22,3)29(17,34)26(33)16-25(32)18-7-5-4-6-8-18/h4-8,10,17,20,22-24,34H,9,11-16H2,1-3H3/t17?,20-,22+,23?,24?,27-,28+,29+/m1/s1. The van der Waals surface area contributed by atoms with E-state index in [1.54, 1.807) is 24.3 Å². The summed E-state index contributed by atoms with van der Waals surface area (Å²) in [6, 6.07) is 8.72. The average molecular weight is 467 g/mol. The monoisotopic (exact) mass is 466 g/mol. The summed E-state index contributed by atoms with van der Waals surface area (Å²) in [6.45, 7) is 5.98. The van der Waals surface area contributed by atoms with Gasteiger partial charge in [0.2, 0.25) is 0 Å². The van der Waals surface area contributed by atoms with E-state index in [0.717, 1.165) is 0 Å². The van der Waals surface area contributed by atoms with Crippen LogP contribution >= 0.6 is 0 Å². The van der Waals surface area contributed by atoms with Crippen LogP contribution in [0.4, 0.5) is 4.39 Å². The maximum atomic E-state index is 15.5. The van der Waals surface area contributed by atoms with Crippen LogP contribution in [0.15, 0.2) is 42.0 Å². The number of rotatable bonds is 4. The molecule has 3 fully saturated rings. The molecule has 4 aliphatic carbocycles. The molecule has 0 heterocycles. The molecule has 0 saturated heterocycles. The van der Waals surface area contributed by atoms with Crippen molar-refractivity contribution >= 4 is 17.3 Å². The van der Waals surface area contributed by atoms with Crippen LogP contribution in [0.2, 0.25) is 0 Å². The van der Waals surface area contributed by atoms with Crippen LogP contribution in [-0.2, 0) is 9.59 Å². The normalized spacial score (nSPS) is 43.4. The number of alkyl halides is 1. The Balaban J connectivity index is 1.47. The fourth-order valence-electron chi connectivity index (χ4n) is 8.26. The largest absolute Gasteiger partial charge is 0.381 e. The van der Waals surface area contributed by atoms with Gasteiger partial charge in [-0.3, -0.25) is 14.4 Å². The molecule has 1 aromatic rings. The van der Waals surface area contributed by atoms with Crippen LogP contribution in [0.3, 0.4) is 0 Å². The van der Waals surface area contributed by atoms with E-state index in [0.29, 0.717) is 44.1 Å². The van der Waals surface area contributed by atoms with Crippen molar-refractivity contribution < 1.29 is 23.9 Å². The van der Waals surface area contributed by atoms with E-state index in [1.807, 2.05) is 19.9 Å². The summed E-state index contributed by atoms with van der Waals surface area (Å²) in [4.78, 5) is 38.5. The van der Waals surface area contributed by atoms with E-state index < -0.39 is 23.0 Å². The summed E-state index contributed by atoms with van der Waals surface area (Å²) in [5, 5.41) is 12.0. The van der Waals surface area contributed by atoms with Crippen molar-refractivity contribution in [2.75, 3.05) is 0 Å². The minimum atomic E-state index is -1.63. The number of allylic oxidation sites excluding steroid dienone is 2. The third-order valence-electron chi connectivity index (χ3n) is 10.2. The third kappa shape index (κ3) is 3.15. The van der Waals surface area contributed by atoms with Crippen molar-refractivity contribution in [3.63, 3.8) is 0 Å². The molecule has 0 aromatic heterocycles. The first-order valence-electron chi connectivity index (χ1n) is 12.7. The zero-order valence-corrected chi connectivity index (χ0v) is 20.4. The van der Waals surface area contributed by atoms with E-state index in [1.165, 1.54) is 5.57 Å². The average Bonchev–Trinajstić information content (AvgIpc) is 3.02. The van der Waals surface area contributed by atoms with Gasteiger partial charge in [-0.05, 0) is 48.9 Å². The number of Topliss-reactive ketones (excluding diaryl/α,β-unsaturated/α-hetero) is 3.